The second-order valence-electron chi connectivity index (χ2n) is 7.12. The molecule has 2 heteroatoms. The predicted molar refractivity (Wildman–Crippen MR) is 112 cm³/mol. The van der Waals surface area contributed by atoms with E-state index in [0.29, 0.717) is 16.7 Å². The van der Waals surface area contributed by atoms with E-state index in [9.17, 15) is 8.78 Å². The van der Waals surface area contributed by atoms with Crippen LogP contribution in [-0.4, -0.2) is 0 Å². The van der Waals surface area contributed by atoms with E-state index in [1.165, 1.54) is 12.1 Å². The number of benzene rings is 4. The van der Waals surface area contributed by atoms with Crippen LogP contribution in [0, 0.1) is 25.5 Å². The maximum atomic E-state index is 14.8. The van der Waals surface area contributed by atoms with Gasteiger partial charge in [-0.2, -0.15) is 0 Å². The van der Waals surface area contributed by atoms with E-state index in [-0.39, 0.29) is 11.6 Å². The first-order valence-electron chi connectivity index (χ1n) is 9.25. The van der Waals surface area contributed by atoms with Gasteiger partial charge in [0.1, 0.15) is 11.6 Å². The molecule has 0 aliphatic heterocycles. The SMILES string of the molecule is Cc1ccc(-c2ccc(-c3ccc(-c4ccc(C)cc4)c(F)c3)c(F)c2)cc1. The third-order valence-electron chi connectivity index (χ3n) is 5.00. The first kappa shape index (κ1) is 18.1. The van der Waals surface area contributed by atoms with Gasteiger partial charge in [-0.25, -0.2) is 8.78 Å². The standard InChI is InChI=1S/C26H20F2/c1-17-3-7-19(8-4-17)21-11-13-24(25(27)15-21)22-12-14-23(26(28)16-22)20-9-5-18(2)6-10-20/h3-16H,1-2H3. The van der Waals surface area contributed by atoms with Crippen molar-refractivity contribution in [3.63, 3.8) is 0 Å². The zero-order chi connectivity index (χ0) is 19.7. The molecule has 138 valence electrons. The smallest absolute Gasteiger partial charge is 0.131 e. The number of halogens is 2. The van der Waals surface area contributed by atoms with Crippen LogP contribution < -0.4 is 0 Å². The van der Waals surface area contributed by atoms with Crippen LogP contribution >= 0.6 is 0 Å². The van der Waals surface area contributed by atoms with Gasteiger partial charge in [-0.1, -0.05) is 83.9 Å². The summed E-state index contributed by atoms with van der Waals surface area (Å²) in [4.78, 5) is 0. The summed E-state index contributed by atoms with van der Waals surface area (Å²) >= 11 is 0. The Labute approximate surface area is 164 Å². The Hall–Kier alpha value is -3.26. The molecule has 0 saturated heterocycles. The largest absolute Gasteiger partial charge is 0.206 e. The fourth-order valence-corrected chi connectivity index (χ4v) is 3.32. The van der Waals surface area contributed by atoms with Gasteiger partial charge in [-0.05, 0) is 48.2 Å². The Balaban J connectivity index is 1.68. The second kappa shape index (κ2) is 7.40. The Kier molecular flexibility index (Phi) is 4.79. The molecule has 0 aromatic heterocycles. The highest BCUT2D eigenvalue weighted by Crippen LogP contribution is 2.31. The number of hydrogen-bond donors (Lipinski definition) is 0. The molecule has 0 aliphatic rings. The molecule has 0 fully saturated rings. The van der Waals surface area contributed by atoms with E-state index < -0.39 is 0 Å². The lowest BCUT2D eigenvalue weighted by molar-refractivity contribution is 0.627. The van der Waals surface area contributed by atoms with Crippen molar-refractivity contribution in [3.05, 3.63) is 108 Å². The number of rotatable bonds is 3. The molecule has 0 aliphatic carbocycles. The molecule has 0 N–H and O–H groups in total. The molecule has 0 atom stereocenters. The van der Waals surface area contributed by atoms with Gasteiger partial charge in [0.15, 0.2) is 0 Å². The lowest BCUT2D eigenvalue weighted by Gasteiger charge is -2.10. The lowest BCUT2D eigenvalue weighted by Crippen LogP contribution is -1.90. The maximum Gasteiger partial charge on any atom is 0.131 e. The molecule has 0 amide bonds. The van der Waals surface area contributed by atoms with E-state index in [4.69, 9.17) is 0 Å². The Morgan fingerprint density at radius 1 is 0.429 bits per heavy atom. The maximum absolute atomic E-state index is 14.8. The normalized spacial score (nSPS) is 10.9. The van der Waals surface area contributed by atoms with Gasteiger partial charge in [0.25, 0.3) is 0 Å². The molecular formula is C26H20F2. The summed E-state index contributed by atoms with van der Waals surface area (Å²) in [6.45, 7) is 4.01. The first-order valence-corrected chi connectivity index (χ1v) is 9.25. The topological polar surface area (TPSA) is 0 Å². The van der Waals surface area contributed by atoms with Crippen molar-refractivity contribution in [2.45, 2.75) is 13.8 Å². The van der Waals surface area contributed by atoms with Crippen molar-refractivity contribution >= 4 is 0 Å². The average Bonchev–Trinajstić information content (AvgIpc) is 2.69. The third-order valence-corrected chi connectivity index (χ3v) is 5.00. The molecular weight excluding hydrogens is 350 g/mol. The summed E-state index contributed by atoms with van der Waals surface area (Å²) in [6.07, 6.45) is 0. The number of hydrogen-bond acceptors (Lipinski definition) is 0. The van der Waals surface area contributed by atoms with Crippen molar-refractivity contribution < 1.29 is 8.78 Å². The van der Waals surface area contributed by atoms with Crippen LogP contribution in [0.2, 0.25) is 0 Å². The van der Waals surface area contributed by atoms with Crippen LogP contribution in [0.5, 0.6) is 0 Å². The zero-order valence-corrected chi connectivity index (χ0v) is 15.8. The molecule has 0 heterocycles. The minimum Gasteiger partial charge on any atom is -0.206 e. The van der Waals surface area contributed by atoms with Crippen molar-refractivity contribution in [3.8, 4) is 33.4 Å². The lowest BCUT2D eigenvalue weighted by atomic mass is 9.96. The minimum atomic E-state index is -0.361. The van der Waals surface area contributed by atoms with Gasteiger partial charge in [-0.15, -0.1) is 0 Å². The molecule has 4 aromatic rings. The van der Waals surface area contributed by atoms with Gasteiger partial charge in [0, 0.05) is 11.1 Å². The molecule has 0 radical (unpaired) electrons. The monoisotopic (exact) mass is 370 g/mol. The molecule has 0 nitrogen and oxygen atoms in total. The van der Waals surface area contributed by atoms with E-state index in [1.54, 1.807) is 18.2 Å². The molecule has 0 bridgehead atoms. The van der Waals surface area contributed by atoms with E-state index in [0.717, 1.165) is 27.8 Å². The highest BCUT2D eigenvalue weighted by atomic mass is 19.1. The van der Waals surface area contributed by atoms with Crippen molar-refractivity contribution in [2.75, 3.05) is 0 Å². The highest BCUT2D eigenvalue weighted by Gasteiger charge is 2.11. The molecule has 0 saturated carbocycles. The van der Waals surface area contributed by atoms with Gasteiger partial charge >= 0.3 is 0 Å². The number of aryl methyl sites for hydroxylation is 2. The summed E-state index contributed by atoms with van der Waals surface area (Å²) in [6, 6.07) is 25.6. The second-order valence-corrected chi connectivity index (χ2v) is 7.12. The van der Waals surface area contributed by atoms with E-state index in [1.807, 2.05) is 68.4 Å². The van der Waals surface area contributed by atoms with Crippen LogP contribution in [0.3, 0.4) is 0 Å². The van der Waals surface area contributed by atoms with Gasteiger partial charge in [0.2, 0.25) is 0 Å². The zero-order valence-electron chi connectivity index (χ0n) is 15.8. The third kappa shape index (κ3) is 3.59. The average molecular weight is 370 g/mol. The summed E-state index contributed by atoms with van der Waals surface area (Å²) in [7, 11) is 0. The van der Waals surface area contributed by atoms with Gasteiger partial charge in [0.05, 0.1) is 0 Å². The van der Waals surface area contributed by atoms with Crippen LogP contribution in [-0.2, 0) is 0 Å². The summed E-state index contributed by atoms with van der Waals surface area (Å²) in [5, 5.41) is 0. The van der Waals surface area contributed by atoms with Crippen LogP contribution in [0.15, 0.2) is 84.9 Å². The van der Waals surface area contributed by atoms with Gasteiger partial charge in [-0.3, -0.25) is 0 Å². The van der Waals surface area contributed by atoms with Crippen molar-refractivity contribution in [1.29, 1.82) is 0 Å². The quantitative estimate of drug-likeness (QED) is 0.349. The summed E-state index contributed by atoms with van der Waals surface area (Å²) in [5.74, 6) is -0.719. The Morgan fingerprint density at radius 3 is 1.36 bits per heavy atom. The predicted octanol–water partition coefficient (Wildman–Crippen LogP) is 7.58. The molecule has 4 aromatic carbocycles. The van der Waals surface area contributed by atoms with E-state index in [2.05, 4.69) is 0 Å². The minimum absolute atomic E-state index is 0.358. The summed E-state index contributed by atoms with van der Waals surface area (Å²) in [5.41, 5.74) is 6.29. The molecule has 4 rings (SSSR count). The fraction of sp³-hybridized carbons (Fsp3) is 0.0769. The summed E-state index contributed by atoms with van der Waals surface area (Å²) < 4.78 is 29.5. The molecule has 0 spiro atoms. The van der Waals surface area contributed by atoms with Gasteiger partial charge < -0.3 is 0 Å². The van der Waals surface area contributed by atoms with Crippen LogP contribution in [0.25, 0.3) is 33.4 Å². The molecule has 28 heavy (non-hydrogen) atoms. The Bertz CT molecular complexity index is 1120. The van der Waals surface area contributed by atoms with Crippen LogP contribution in [0.4, 0.5) is 8.78 Å². The Morgan fingerprint density at radius 2 is 0.821 bits per heavy atom. The van der Waals surface area contributed by atoms with E-state index >= 15 is 0 Å². The van der Waals surface area contributed by atoms with Crippen molar-refractivity contribution in [1.82, 2.24) is 0 Å². The first-order chi connectivity index (χ1) is 13.5. The van der Waals surface area contributed by atoms with Crippen molar-refractivity contribution in [2.24, 2.45) is 0 Å². The van der Waals surface area contributed by atoms with Crippen LogP contribution in [0.1, 0.15) is 11.1 Å². The molecule has 0 unspecified atom stereocenters. The highest BCUT2D eigenvalue weighted by molar-refractivity contribution is 5.74. The fourth-order valence-electron chi connectivity index (χ4n) is 3.32.